The molecule has 128 valence electrons. The van der Waals surface area contributed by atoms with Crippen LogP contribution in [0.3, 0.4) is 0 Å². The van der Waals surface area contributed by atoms with E-state index in [-0.39, 0.29) is 29.0 Å². The van der Waals surface area contributed by atoms with Crippen LogP contribution in [-0.2, 0) is 19.6 Å². The number of esters is 1. The van der Waals surface area contributed by atoms with Crippen molar-refractivity contribution in [2.24, 2.45) is 0 Å². The van der Waals surface area contributed by atoms with Gasteiger partial charge in [-0.15, -0.1) is 0 Å². The largest absolute Gasteiger partial charge is 0.452 e. The number of amides is 1. The second kappa shape index (κ2) is 8.07. The lowest BCUT2D eigenvalue weighted by molar-refractivity contribution is -0.124. The van der Waals surface area contributed by atoms with Gasteiger partial charge in [-0.25, -0.2) is 17.5 Å². The lowest BCUT2D eigenvalue weighted by atomic mass is 10.2. The molecule has 0 aliphatic heterocycles. The van der Waals surface area contributed by atoms with Crippen LogP contribution in [0.15, 0.2) is 29.2 Å². The molecule has 1 aromatic rings. The minimum absolute atomic E-state index is 0.0109. The Kier molecular flexibility index (Phi) is 6.71. The zero-order valence-electron chi connectivity index (χ0n) is 13.7. The Bertz CT molecular complexity index is 653. The van der Waals surface area contributed by atoms with E-state index in [0.717, 1.165) is 10.7 Å². The zero-order valence-corrected chi connectivity index (χ0v) is 14.5. The van der Waals surface area contributed by atoms with Crippen molar-refractivity contribution in [3.63, 3.8) is 0 Å². The van der Waals surface area contributed by atoms with Gasteiger partial charge in [0, 0.05) is 20.1 Å². The first kappa shape index (κ1) is 19.1. The van der Waals surface area contributed by atoms with Gasteiger partial charge in [0.1, 0.15) is 0 Å². The number of ether oxygens (including phenoxy) is 1. The molecular weight excluding hydrogens is 320 g/mol. The molecule has 0 saturated carbocycles. The molecule has 0 radical (unpaired) electrons. The van der Waals surface area contributed by atoms with Crippen LogP contribution in [0.4, 0.5) is 0 Å². The third kappa shape index (κ3) is 5.33. The number of hydrogen-bond donors (Lipinski definition) is 1. The molecule has 0 aliphatic carbocycles. The number of rotatable bonds is 7. The summed E-state index contributed by atoms with van der Waals surface area (Å²) in [6, 6.07) is 5.36. The second-order valence-corrected chi connectivity index (χ2v) is 7.42. The van der Waals surface area contributed by atoms with Gasteiger partial charge in [-0.05, 0) is 37.6 Å². The summed E-state index contributed by atoms with van der Waals surface area (Å²) in [5, 5.41) is 2.68. The molecule has 1 N–H and O–H groups in total. The average Bonchev–Trinajstić information content (AvgIpc) is 2.52. The fourth-order valence-corrected chi connectivity index (χ4v) is 2.51. The van der Waals surface area contributed by atoms with Gasteiger partial charge in [-0.3, -0.25) is 4.79 Å². The molecular formula is C15H22N2O5S. The Labute approximate surface area is 136 Å². The highest BCUT2D eigenvalue weighted by molar-refractivity contribution is 7.89. The monoisotopic (exact) mass is 342 g/mol. The van der Waals surface area contributed by atoms with Crippen molar-refractivity contribution in [3.05, 3.63) is 29.8 Å². The standard InChI is InChI=1S/C15H22N2O5S/c1-5-11(2)16-14(18)10-22-15(19)12-6-8-13(9-7-12)23(20,21)17(3)4/h6-9,11H,5,10H2,1-4H3,(H,16,18)/t11-/m1/s1. The summed E-state index contributed by atoms with van der Waals surface area (Å²) in [6.45, 7) is 3.41. The number of benzene rings is 1. The van der Waals surface area contributed by atoms with E-state index in [1.165, 1.54) is 38.4 Å². The van der Waals surface area contributed by atoms with Crippen LogP contribution in [0.25, 0.3) is 0 Å². The molecule has 0 heterocycles. The molecule has 0 aromatic heterocycles. The van der Waals surface area contributed by atoms with E-state index >= 15 is 0 Å². The minimum atomic E-state index is -3.54. The van der Waals surface area contributed by atoms with E-state index in [4.69, 9.17) is 4.74 Å². The van der Waals surface area contributed by atoms with E-state index in [1.54, 1.807) is 0 Å². The quantitative estimate of drug-likeness (QED) is 0.747. The fourth-order valence-electron chi connectivity index (χ4n) is 1.61. The lowest BCUT2D eigenvalue weighted by Gasteiger charge is -2.12. The summed E-state index contributed by atoms with van der Waals surface area (Å²) in [5.74, 6) is -1.06. The molecule has 0 unspecified atom stereocenters. The van der Waals surface area contributed by atoms with Gasteiger partial charge in [-0.2, -0.15) is 0 Å². The van der Waals surface area contributed by atoms with E-state index < -0.39 is 16.0 Å². The Morgan fingerprint density at radius 3 is 2.26 bits per heavy atom. The first-order chi connectivity index (χ1) is 10.7. The number of carbonyl (C=O) groups is 2. The summed E-state index contributed by atoms with van der Waals surface area (Å²) in [6.07, 6.45) is 0.779. The molecule has 0 aliphatic rings. The van der Waals surface area contributed by atoms with Gasteiger partial charge in [0.15, 0.2) is 6.61 Å². The van der Waals surface area contributed by atoms with E-state index in [1.807, 2.05) is 13.8 Å². The minimum Gasteiger partial charge on any atom is -0.452 e. The highest BCUT2D eigenvalue weighted by Gasteiger charge is 2.18. The number of sulfonamides is 1. The molecule has 0 saturated heterocycles. The van der Waals surface area contributed by atoms with E-state index in [2.05, 4.69) is 5.32 Å². The van der Waals surface area contributed by atoms with Crippen molar-refractivity contribution in [1.82, 2.24) is 9.62 Å². The molecule has 0 spiro atoms. The Morgan fingerprint density at radius 2 is 1.78 bits per heavy atom. The molecule has 0 fully saturated rings. The second-order valence-electron chi connectivity index (χ2n) is 5.26. The molecule has 1 atom stereocenters. The van der Waals surface area contributed by atoms with Crippen LogP contribution in [-0.4, -0.2) is 51.3 Å². The predicted octanol–water partition coefficient (Wildman–Crippen LogP) is 1.01. The van der Waals surface area contributed by atoms with Crippen molar-refractivity contribution in [2.45, 2.75) is 31.2 Å². The van der Waals surface area contributed by atoms with Crippen LogP contribution in [0, 0.1) is 0 Å². The molecule has 0 bridgehead atoms. The SMILES string of the molecule is CC[C@@H](C)NC(=O)COC(=O)c1ccc(S(=O)(=O)N(C)C)cc1. The number of nitrogens with one attached hydrogen (secondary N) is 1. The van der Waals surface area contributed by atoms with Crippen molar-refractivity contribution >= 4 is 21.9 Å². The van der Waals surface area contributed by atoms with Gasteiger partial charge in [-0.1, -0.05) is 6.92 Å². The predicted molar refractivity (Wildman–Crippen MR) is 85.5 cm³/mol. The number of carbonyl (C=O) groups excluding carboxylic acids is 2. The first-order valence-corrected chi connectivity index (χ1v) is 8.61. The van der Waals surface area contributed by atoms with Crippen LogP contribution < -0.4 is 5.32 Å². The normalized spacial score (nSPS) is 12.7. The maximum atomic E-state index is 11.9. The van der Waals surface area contributed by atoms with Gasteiger partial charge < -0.3 is 10.1 Å². The molecule has 1 aromatic carbocycles. The third-order valence-corrected chi connectivity index (χ3v) is 5.05. The Hall–Kier alpha value is -1.93. The van der Waals surface area contributed by atoms with Crippen LogP contribution in [0.5, 0.6) is 0 Å². The highest BCUT2D eigenvalue weighted by Crippen LogP contribution is 2.14. The zero-order chi connectivity index (χ0) is 17.6. The van der Waals surface area contributed by atoms with Gasteiger partial charge in [0.05, 0.1) is 10.5 Å². The van der Waals surface area contributed by atoms with Gasteiger partial charge in [0.25, 0.3) is 5.91 Å². The summed E-state index contributed by atoms with van der Waals surface area (Å²) in [4.78, 5) is 23.5. The summed E-state index contributed by atoms with van der Waals surface area (Å²) < 4.78 is 29.8. The van der Waals surface area contributed by atoms with Crippen LogP contribution in [0.2, 0.25) is 0 Å². The van der Waals surface area contributed by atoms with Crippen LogP contribution >= 0.6 is 0 Å². The average molecular weight is 342 g/mol. The van der Waals surface area contributed by atoms with Gasteiger partial charge >= 0.3 is 5.97 Å². The van der Waals surface area contributed by atoms with Crippen molar-refractivity contribution in [1.29, 1.82) is 0 Å². The molecule has 8 heteroatoms. The maximum absolute atomic E-state index is 11.9. The van der Waals surface area contributed by atoms with E-state index in [9.17, 15) is 18.0 Å². The van der Waals surface area contributed by atoms with Crippen molar-refractivity contribution < 1.29 is 22.7 Å². The summed E-state index contributed by atoms with van der Waals surface area (Å²) in [7, 11) is -0.696. The topological polar surface area (TPSA) is 92.8 Å². The number of hydrogen-bond acceptors (Lipinski definition) is 5. The van der Waals surface area contributed by atoms with Crippen molar-refractivity contribution in [3.8, 4) is 0 Å². The lowest BCUT2D eigenvalue weighted by Crippen LogP contribution is -2.35. The van der Waals surface area contributed by atoms with Crippen LogP contribution in [0.1, 0.15) is 30.6 Å². The van der Waals surface area contributed by atoms with Crippen molar-refractivity contribution in [2.75, 3.05) is 20.7 Å². The number of nitrogens with zero attached hydrogens (tertiary/aromatic N) is 1. The highest BCUT2D eigenvalue weighted by atomic mass is 32.2. The molecule has 1 amide bonds. The van der Waals surface area contributed by atoms with Gasteiger partial charge in [0.2, 0.25) is 10.0 Å². The molecule has 7 nitrogen and oxygen atoms in total. The Morgan fingerprint density at radius 1 is 1.22 bits per heavy atom. The Balaban J connectivity index is 2.67. The summed E-state index contributed by atoms with van der Waals surface area (Å²) >= 11 is 0. The smallest absolute Gasteiger partial charge is 0.338 e. The van der Waals surface area contributed by atoms with E-state index in [0.29, 0.717) is 0 Å². The maximum Gasteiger partial charge on any atom is 0.338 e. The fraction of sp³-hybridized carbons (Fsp3) is 0.467. The third-order valence-electron chi connectivity index (χ3n) is 3.22. The first-order valence-electron chi connectivity index (χ1n) is 7.17. The molecule has 1 rings (SSSR count). The summed E-state index contributed by atoms with van der Waals surface area (Å²) in [5.41, 5.74) is 0.180. The molecule has 23 heavy (non-hydrogen) atoms.